The average molecular weight is 912 g/mol. The smallest absolute Gasteiger partial charge is 0.340 e. The fourth-order valence-corrected chi connectivity index (χ4v) is 6.18. The molecule has 0 aliphatic carbocycles. The molecule has 8 aromatic rings. The number of ether oxygens (including phenoxy) is 1. The van der Waals surface area contributed by atoms with Gasteiger partial charge < -0.3 is 23.7 Å². The summed E-state index contributed by atoms with van der Waals surface area (Å²) < 4.78 is 47.9. The number of rotatable bonds is 6. The highest BCUT2D eigenvalue weighted by Gasteiger charge is 2.17. The Hall–Kier alpha value is -5.19. The molecule has 0 spiro atoms. The molecule has 3 aromatic heterocycles. The van der Waals surface area contributed by atoms with Crippen LogP contribution in [0.1, 0.15) is 43.6 Å². The standard InChI is InChI=1S/C16H10Cl2FNO3.C15H9Cl2FN2O3.C7H4Cl2N2O/c1-22-16(21)9-4-8(2-3-12(9)19)5-15-20-13-6-10(17)11(18)7-14(13)23-15;16-9-5-12-13(6-10(9)17)23-14(19-12)4-7-1-2-11(18)8(3-7)15(21)20-22;8-3-1-5-6(2-4(3)9)12-7(10)11-5/h2-4,6-7H,5H2,1H3;1-3,5-6,22H,4H2,(H,20,21);1-2H,(H2,10,11). The average Bonchev–Trinajstić information content (AvgIpc) is 3.88. The van der Waals surface area contributed by atoms with Crippen LogP contribution in [0.5, 0.6) is 0 Å². The third kappa shape index (κ3) is 9.91. The largest absolute Gasteiger partial charge is 0.465 e. The number of carbonyl (C=O) groups excluding carboxylic acids is 2. The second kappa shape index (κ2) is 18.2. The summed E-state index contributed by atoms with van der Waals surface area (Å²) in [6, 6.07) is 17.8. The molecule has 0 fully saturated rings. The molecule has 0 saturated heterocycles. The maximum Gasteiger partial charge on any atom is 0.340 e. The summed E-state index contributed by atoms with van der Waals surface area (Å²) in [6.45, 7) is 0. The van der Waals surface area contributed by atoms with Gasteiger partial charge in [0.05, 0.1) is 48.4 Å². The molecule has 0 atom stereocenters. The van der Waals surface area contributed by atoms with Gasteiger partial charge in [0.25, 0.3) is 11.9 Å². The molecule has 0 unspecified atom stereocenters. The minimum absolute atomic E-state index is 0.114. The van der Waals surface area contributed by atoms with Crippen LogP contribution >= 0.6 is 69.6 Å². The quantitative estimate of drug-likeness (QED) is 0.0821. The molecule has 0 aliphatic heterocycles. The van der Waals surface area contributed by atoms with E-state index in [0.29, 0.717) is 86.3 Å². The second-order valence-corrected chi connectivity index (χ2v) is 14.3. The van der Waals surface area contributed by atoms with Gasteiger partial charge in [0.15, 0.2) is 28.5 Å². The first-order chi connectivity index (χ1) is 27.6. The third-order valence-corrected chi connectivity index (χ3v) is 10.1. The number of nitrogens with one attached hydrogen (secondary N) is 1. The highest BCUT2D eigenvalue weighted by molar-refractivity contribution is 6.43. The lowest BCUT2D eigenvalue weighted by Gasteiger charge is -2.03. The molecule has 1 amide bonds. The molecule has 0 saturated carbocycles. The summed E-state index contributed by atoms with van der Waals surface area (Å²) in [6.07, 6.45) is 0.518. The lowest BCUT2D eigenvalue weighted by Crippen LogP contribution is -2.20. The molecule has 20 heteroatoms. The van der Waals surface area contributed by atoms with Crippen molar-refractivity contribution in [3.8, 4) is 0 Å². The number of aromatic nitrogens is 3. The fraction of sp³-hybridized carbons (Fsp3) is 0.0789. The highest BCUT2D eigenvalue weighted by atomic mass is 35.5. The van der Waals surface area contributed by atoms with E-state index in [2.05, 4.69) is 19.7 Å². The van der Waals surface area contributed by atoms with Crippen LogP contribution in [0, 0.1) is 11.6 Å². The molecule has 0 radical (unpaired) electrons. The first-order valence-corrected chi connectivity index (χ1v) is 18.5. The van der Waals surface area contributed by atoms with E-state index < -0.39 is 23.5 Å². The van der Waals surface area contributed by atoms with Gasteiger partial charge in [0.2, 0.25) is 0 Å². The summed E-state index contributed by atoms with van der Waals surface area (Å²) in [7, 11) is 1.20. The van der Waals surface area contributed by atoms with E-state index in [4.69, 9.17) is 93.8 Å². The Bertz CT molecular complexity index is 2580. The third-order valence-electron chi connectivity index (χ3n) is 7.92. The van der Waals surface area contributed by atoms with Gasteiger partial charge in [0.1, 0.15) is 28.2 Å². The zero-order valence-corrected chi connectivity index (χ0v) is 33.7. The lowest BCUT2D eigenvalue weighted by molar-refractivity contribution is 0.0595. The van der Waals surface area contributed by atoms with Crippen molar-refractivity contribution in [2.24, 2.45) is 0 Å². The van der Waals surface area contributed by atoms with Gasteiger partial charge in [-0.25, -0.2) is 29.0 Å². The number of carbonyl (C=O) groups is 2. The van der Waals surface area contributed by atoms with Crippen molar-refractivity contribution < 1.29 is 41.6 Å². The number of nitrogens with two attached hydrogens (primary N) is 1. The topological polar surface area (TPSA) is 180 Å². The molecule has 0 bridgehead atoms. The number of anilines is 1. The normalized spacial score (nSPS) is 10.9. The highest BCUT2D eigenvalue weighted by Crippen LogP contribution is 2.31. The van der Waals surface area contributed by atoms with Crippen molar-refractivity contribution in [3.05, 3.63) is 149 Å². The number of hydrogen-bond donors (Lipinski definition) is 3. The first-order valence-electron chi connectivity index (χ1n) is 16.2. The van der Waals surface area contributed by atoms with Gasteiger partial charge in [-0.1, -0.05) is 81.7 Å². The fourth-order valence-electron chi connectivity index (χ4n) is 5.25. The molecule has 12 nitrogen and oxygen atoms in total. The summed E-state index contributed by atoms with van der Waals surface area (Å²) in [5, 5.41) is 11.0. The van der Waals surface area contributed by atoms with Crippen LogP contribution < -0.4 is 11.2 Å². The van der Waals surface area contributed by atoms with Gasteiger partial charge >= 0.3 is 5.97 Å². The van der Waals surface area contributed by atoms with Crippen molar-refractivity contribution in [2.75, 3.05) is 12.8 Å². The molecule has 298 valence electrons. The van der Waals surface area contributed by atoms with Gasteiger partial charge in [-0.05, 0) is 53.6 Å². The summed E-state index contributed by atoms with van der Waals surface area (Å²) >= 11 is 35.2. The number of hydrogen-bond acceptors (Lipinski definition) is 11. The van der Waals surface area contributed by atoms with Gasteiger partial charge in [-0.2, -0.15) is 4.98 Å². The number of nitrogen functional groups attached to an aromatic ring is 1. The maximum atomic E-state index is 13.6. The maximum absolute atomic E-state index is 13.6. The molecule has 5 aromatic carbocycles. The number of amides is 1. The molecule has 8 rings (SSSR count). The van der Waals surface area contributed by atoms with Crippen LogP contribution in [0.15, 0.2) is 86.0 Å². The Morgan fingerprint density at radius 3 is 1.48 bits per heavy atom. The van der Waals surface area contributed by atoms with Crippen LogP contribution in [0.4, 0.5) is 14.8 Å². The minimum atomic E-state index is -0.930. The number of esters is 1. The number of halogens is 8. The van der Waals surface area contributed by atoms with E-state index in [1.165, 1.54) is 36.9 Å². The molecule has 3 heterocycles. The zero-order valence-electron chi connectivity index (χ0n) is 29.2. The summed E-state index contributed by atoms with van der Waals surface area (Å²) in [5.74, 6) is -2.28. The van der Waals surface area contributed by atoms with Crippen LogP contribution in [-0.2, 0) is 17.6 Å². The van der Waals surface area contributed by atoms with Crippen LogP contribution in [0.2, 0.25) is 30.1 Å². The number of benzene rings is 5. The predicted molar refractivity (Wildman–Crippen MR) is 216 cm³/mol. The number of nitrogens with zero attached hydrogens (tertiary/aromatic N) is 3. The molecule has 0 aliphatic rings. The summed E-state index contributed by atoms with van der Waals surface area (Å²) in [5.41, 5.74) is 10.8. The van der Waals surface area contributed by atoms with Crippen LogP contribution in [0.25, 0.3) is 33.3 Å². The van der Waals surface area contributed by atoms with Crippen molar-refractivity contribution in [2.45, 2.75) is 12.8 Å². The Morgan fingerprint density at radius 1 is 0.638 bits per heavy atom. The van der Waals surface area contributed by atoms with E-state index in [1.54, 1.807) is 42.5 Å². The van der Waals surface area contributed by atoms with Crippen LogP contribution in [0.3, 0.4) is 0 Å². The molecular formula is C38H23Cl6F2N5O7. The van der Waals surface area contributed by atoms with E-state index in [9.17, 15) is 18.4 Å². The zero-order chi connectivity index (χ0) is 41.8. The Kier molecular flexibility index (Phi) is 13.3. The van der Waals surface area contributed by atoms with Crippen molar-refractivity contribution in [1.82, 2.24) is 20.4 Å². The number of methoxy groups -OCH3 is 1. The van der Waals surface area contributed by atoms with E-state index >= 15 is 0 Å². The predicted octanol–water partition coefficient (Wildman–Crippen LogP) is 11.4. The molecule has 4 N–H and O–H groups in total. The second-order valence-electron chi connectivity index (χ2n) is 11.9. The van der Waals surface area contributed by atoms with E-state index in [1.807, 2.05) is 0 Å². The van der Waals surface area contributed by atoms with Crippen molar-refractivity contribution in [3.63, 3.8) is 0 Å². The SMILES string of the molecule is COC(=O)c1cc(Cc2nc3cc(Cl)c(Cl)cc3o2)ccc1F.Nc1nc2cc(Cl)c(Cl)cc2o1.O=C(NO)c1cc(Cc2nc3cc(Cl)c(Cl)cc3o2)ccc1F. The molecule has 58 heavy (non-hydrogen) atoms. The van der Waals surface area contributed by atoms with Gasteiger partial charge in [0, 0.05) is 31.0 Å². The minimum Gasteiger partial charge on any atom is -0.465 e. The summed E-state index contributed by atoms with van der Waals surface area (Å²) in [4.78, 5) is 35.4. The lowest BCUT2D eigenvalue weighted by atomic mass is 10.1. The number of hydroxylamine groups is 1. The Labute approximate surface area is 355 Å². The van der Waals surface area contributed by atoms with Crippen molar-refractivity contribution in [1.29, 1.82) is 0 Å². The monoisotopic (exact) mass is 909 g/mol. The van der Waals surface area contributed by atoms with Crippen LogP contribution in [-0.4, -0.2) is 39.1 Å². The van der Waals surface area contributed by atoms with E-state index in [-0.39, 0.29) is 30.0 Å². The van der Waals surface area contributed by atoms with Gasteiger partial charge in [-0.3, -0.25) is 10.0 Å². The Balaban J connectivity index is 0.000000154. The van der Waals surface area contributed by atoms with Crippen molar-refractivity contribution >= 4 is 121 Å². The number of fused-ring (bicyclic) bond motifs is 3. The van der Waals surface area contributed by atoms with E-state index in [0.717, 1.165) is 6.07 Å². The Morgan fingerprint density at radius 2 is 1.03 bits per heavy atom. The molecular weight excluding hydrogens is 889 g/mol. The number of oxazole rings is 3. The first kappa shape index (κ1) is 42.4. The van der Waals surface area contributed by atoms with Gasteiger partial charge in [-0.15, -0.1) is 0 Å².